The predicted molar refractivity (Wildman–Crippen MR) is 159 cm³/mol. The van der Waals surface area contributed by atoms with E-state index in [1.54, 1.807) is 10.4 Å². The van der Waals surface area contributed by atoms with E-state index in [1.165, 1.54) is 79.9 Å². The first-order valence-corrected chi connectivity index (χ1v) is 15.9. The second-order valence-corrected chi connectivity index (χ2v) is 15.1. The molecule has 0 N–H and O–H groups in total. The van der Waals surface area contributed by atoms with Gasteiger partial charge in [-0.3, -0.25) is 0 Å². The van der Waals surface area contributed by atoms with Gasteiger partial charge in [-0.2, -0.15) is 0 Å². The minimum Gasteiger partial charge on any atom is -0.309 e. The van der Waals surface area contributed by atoms with Crippen LogP contribution in [0.3, 0.4) is 0 Å². The van der Waals surface area contributed by atoms with Crippen molar-refractivity contribution in [2.45, 2.75) is 24.9 Å². The highest BCUT2D eigenvalue weighted by Gasteiger charge is 2.45. The molecule has 37 heavy (non-hydrogen) atoms. The van der Waals surface area contributed by atoms with Gasteiger partial charge in [0.2, 0.25) is 0 Å². The fourth-order valence-corrected chi connectivity index (χ4v) is 13.5. The van der Waals surface area contributed by atoms with Crippen LogP contribution in [0.4, 0.5) is 0 Å². The van der Waals surface area contributed by atoms with Crippen molar-refractivity contribution in [1.29, 1.82) is 0 Å². The Bertz CT molecular complexity index is 1880. The van der Waals surface area contributed by atoms with Crippen LogP contribution in [0.25, 0.3) is 55.0 Å². The van der Waals surface area contributed by atoms with Crippen LogP contribution in [-0.2, 0) is 0 Å². The minimum absolute atomic E-state index is 1.24. The lowest BCUT2D eigenvalue weighted by molar-refractivity contribution is 0.935. The van der Waals surface area contributed by atoms with E-state index in [2.05, 4.69) is 118 Å². The highest BCUT2D eigenvalue weighted by Crippen LogP contribution is 2.46. The molecule has 2 aliphatic heterocycles. The zero-order valence-electron chi connectivity index (χ0n) is 20.6. The summed E-state index contributed by atoms with van der Waals surface area (Å²) in [6.07, 6.45) is 2.70. The van der Waals surface area contributed by atoms with Crippen LogP contribution >= 0.6 is 0 Å². The van der Waals surface area contributed by atoms with Crippen LogP contribution in [0, 0.1) is 0 Å². The molecule has 7 aromatic rings. The molecule has 2 aliphatic rings. The molecule has 9 rings (SSSR count). The summed E-state index contributed by atoms with van der Waals surface area (Å²) < 4.78 is 5.04. The first kappa shape index (κ1) is 20.0. The zero-order valence-corrected chi connectivity index (χ0v) is 21.6. The van der Waals surface area contributed by atoms with Crippen molar-refractivity contribution in [2.75, 3.05) is 0 Å². The zero-order chi connectivity index (χ0) is 24.1. The third-order valence-electron chi connectivity index (χ3n) is 9.23. The van der Waals surface area contributed by atoms with E-state index in [0.29, 0.717) is 0 Å². The van der Waals surface area contributed by atoms with Crippen molar-refractivity contribution in [3.05, 3.63) is 109 Å². The average Bonchev–Trinajstić information content (AvgIpc) is 3.64. The van der Waals surface area contributed by atoms with Crippen LogP contribution in [0.15, 0.2) is 109 Å². The highest BCUT2D eigenvalue weighted by atomic mass is 28.3. The van der Waals surface area contributed by atoms with Gasteiger partial charge in [-0.15, -0.1) is 0 Å². The number of hydrogen-bond donors (Lipinski definition) is 0. The van der Waals surface area contributed by atoms with E-state index in [0.717, 1.165) is 0 Å². The van der Waals surface area contributed by atoms with Gasteiger partial charge < -0.3 is 9.13 Å². The summed E-state index contributed by atoms with van der Waals surface area (Å²) in [5.74, 6) is 0. The van der Waals surface area contributed by atoms with Crippen LogP contribution in [-0.4, -0.2) is 17.2 Å². The maximum absolute atomic E-state index is 2.52. The average molecular weight is 491 g/mol. The van der Waals surface area contributed by atoms with Gasteiger partial charge in [0.15, 0.2) is 0 Å². The van der Waals surface area contributed by atoms with Gasteiger partial charge in [-0.05, 0) is 71.0 Å². The van der Waals surface area contributed by atoms with Gasteiger partial charge in [0, 0.05) is 32.9 Å². The predicted octanol–water partition coefficient (Wildman–Crippen LogP) is 7.55. The Hall–Kier alpha value is -4.08. The molecule has 1 spiro atoms. The minimum atomic E-state index is -1.92. The number of rotatable bonds is 2. The molecule has 0 unspecified atom stereocenters. The number of aromatic nitrogens is 2. The van der Waals surface area contributed by atoms with Crippen molar-refractivity contribution in [3.8, 4) is 11.4 Å². The number of benzene rings is 5. The third-order valence-corrected chi connectivity index (χ3v) is 14.5. The summed E-state index contributed by atoms with van der Waals surface area (Å²) in [4.78, 5) is 0. The van der Waals surface area contributed by atoms with Crippen molar-refractivity contribution in [1.82, 2.24) is 9.13 Å². The smallest absolute Gasteiger partial charge is 0.120 e. The molecule has 0 aliphatic carbocycles. The number of fused-ring (bicyclic) bond motifs is 2. The van der Waals surface area contributed by atoms with Crippen molar-refractivity contribution >= 4 is 62.1 Å². The summed E-state index contributed by atoms with van der Waals surface area (Å²) in [6.45, 7) is 0. The maximum Gasteiger partial charge on any atom is 0.120 e. The lowest BCUT2D eigenvalue weighted by Crippen LogP contribution is -2.56. The Kier molecular flexibility index (Phi) is 3.80. The van der Waals surface area contributed by atoms with E-state index in [-0.39, 0.29) is 0 Å². The molecule has 4 heterocycles. The summed E-state index contributed by atoms with van der Waals surface area (Å²) >= 11 is 0. The normalized spacial score (nSPS) is 15.9. The SMILES string of the molecule is c1ccc(-n2c3cccc4c3c3c5c6c(cccc6n(-c6ccccc6)c5ccc32)[Si]42CCCC2)cc1. The van der Waals surface area contributed by atoms with Gasteiger partial charge in [-0.25, -0.2) is 0 Å². The number of para-hydroxylation sites is 2. The summed E-state index contributed by atoms with van der Waals surface area (Å²) in [6, 6.07) is 43.7. The Labute approximate surface area is 216 Å². The molecule has 2 aromatic heterocycles. The molecule has 0 radical (unpaired) electrons. The van der Waals surface area contributed by atoms with Crippen molar-refractivity contribution in [3.63, 3.8) is 0 Å². The Morgan fingerprint density at radius 3 is 1.30 bits per heavy atom. The third kappa shape index (κ3) is 2.36. The highest BCUT2D eigenvalue weighted by molar-refractivity contribution is 7.06. The van der Waals surface area contributed by atoms with Crippen LogP contribution in [0.1, 0.15) is 12.8 Å². The van der Waals surface area contributed by atoms with Gasteiger partial charge in [0.05, 0.1) is 22.1 Å². The van der Waals surface area contributed by atoms with E-state index < -0.39 is 8.07 Å². The number of nitrogens with zero attached hydrogens (tertiary/aromatic N) is 2. The van der Waals surface area contributed by atoms with Crippen molar-refractivity contribution < 1.29 is 0 Å². The molecule has 5 aromatic carbocycles. The van der Waals surface area contributed by atoms with E-state index in [9.17, 15) is 0 Å². The van der Waals surface area contributed by atoms with Gasteiger partial charge in [0.1, 0.15) is 8.07 Å². The molecule has 2 nitrogen and oxygen atoms in total. The van der Waals surface area contributed by atoms with E-state index in [1.807, 2.05) is 0 Å². The quantitative estimate of drug-likeness (QED) is 0.221. The van der Waals surface area contributed by atoms with E-state index >= 15 is 0 Å². The maximum atomic E-state index is 2.52. The van der Waals surface area contributed by atoms with Gasteiger partial charge >= 0.3 is 0 Å². The molecular weight excluding hydrogens is 464 g/mol. The molecular formula is C34H26N2Si. The topological polar surface area (TPSA) is 9.86 Å². The standard InChI is InChI=1S/C34H26N2Si/c1-3-11-23(12-4-1)35-25-15-9-17-29-31(25)33-27(35)19-20-28-34(33)32-26(36(28)24-13-5-2-6-14-24)16-10-18-30(32)37(29)21-7-8-22-37/h1-6,9-20H,7-8,21-22H2. The molecule has 3 heteroatoms. The molecule has 1 saturated heterocycles. The Balaban J connectivity index is 1.61. The fourth-order valence-electron chi connectivity index (χ4n) is 7.87. The van der Waals surface area contributed by atoms with Crippen LogP contribution < -0.4 is 10.4 Å². The summed E-state index contributed by atoms with van der Waals surface area (Å²) in [5, 5.41) is 9.28. The Morgan fingerprint density at radius 2 is 0.838 bits per heavy atom. The lowest BCUT2D eigenvalue weighted by Gasteiger charge is -2.29. The first-order chi connectivity index (χ1) is 18.4. The monoisotopic (exact) mass is 490 g/mol. The van der Waals surface area contributed by atoms with Crippen molar-refractivity contribution in [2.24, 2.45) is 0 Å². The summed E-state index contributed by atoms with van der Waals surface area (Å²) in [7, 11) is -1.92. The molecule has 0 saturated carbocycles. The number of hydrogen-bond acceptors (Lipinski definition) is 0. The first-order valence-electron chi connectivity index (χ1n) is 13.5. The molecule has 0 amide bonds. The molecule has 176 valence electrons. The fraction of sp³-hybridized carbons (Fsp3) is 0.118. The molecule has 0 bridgehead atoms. The molecule has 1 fully saturated rings. The summed E-state index contributed by atoms with van der Waals surface area (Å²) in [5.41, 5.74) is 7.86. The van der Waals surface area contributed by atoms with Gasteiger partial charge in [-0.1, -0.05) is 73.5 Å². The van der Waals surface area contributed by atoms with Crippen LogP contribution in [0.2, 0.25) is 12.1 Å². The largest absolute Gasteiger partial charge is 0.309 e. The van der Waals surface area contributed by atoms with Crippen LogP contribution in [0.5, 0.6) is 0 Å². The molecule has 0 atom stereocenters. The second kappa shape index (κ2) is 7.02. The van der Waals surface area contributed by atoms with E-state index in [4.69, 9.17) is 0 Å². The Morgan fingerprint density at radius 1 is 0.405 bits per heavy atom. The lowest BCUT2D eigenvalue weighted by atomic mass is 10.1. The second-order valence-electron chi connectivity index (χ2n) is 10.9. The van der Waals surface area contributed by atoms with Gasteiger partial charge in [0.25, 0.3) is 0 Å².